The van der Waals surface area contributed by atoms with Gasteiger partial charge in [0.1, 0.15) is 0 Å². The highest BCUT2D eigenvalue weighted by atomic mass is 14.1. The molecule has 0 spiro atoms. The van der Waals surface area contributed by atoms with Crippen LogP contribution in [0.1, 0.15) is 27.2 Å². The molecule has 0 heterocycles. The van der Waals surface area contributed by atoms with Gasteiger partial charge in [-0.2, -0.15) is 0 Å². The Hall–Kier alpha value is -1.04. The van der Waals surface area contributed by atoms with Crippen LogP contribution in [-0.4, -0.2) is 0 Å². The van der Waals surface area contributed by atoms with Crippen molar-refractivity contribution in [3.63, 3.8) is 0 Å². The molecule has 1 rings (SSSR count). The molecule has 0 unspecified atom stereocenters. The molecule has 0 aromatic rings. The minimum Gasteiger partial charge on any atom is -0.0835 e. The topological polar surface area (TPSA) is 0 Å². The van der Waals surface area contributed by atoms with E-state index in [2.05, 4.69) is 51.2 Å². The standard InChI is InChI=1S/C12H16/c1-4-10-8-7-9-11(5-2)12(10)6-3/h4-8H,9H2,1-3H3. The molecular formula is C12H16. The van der Waals surface area contributed by atoms with Crippen molar-refractivity contribution < 1.29 is 0 Å². The molecule has 0 fully saturated rings. The Balaban J connectivity index is 3.11. The highest BCUT2D eigenvalue weighted by Gasteiger charge is 2.08. The van der Waals surface area contributed by atoms with Gasteiger partial charge in [0.15, 0.2) is 0 Å². The summed E-state index contributed by atoms with van der Waals surface area (Å²) >= 11 is 0. The lowest BCUT2D eigenvalue weighted by atomic mass is 9.90. The normalized spacial score (nSPS) is 27.4. The monoisotopic (exact) mass is 160 g/mol. The summed E-state index contributed by atoms with van der Waals surface area (Å²) in [7, 11) is 0. The highest BCUT2D eigenvalue weighted by molar-refractivity contribution is 5.54. The first-order valence-electron chi connectivity index (χ1n) is 4.48. The lowest BCUT2D eigenvalue weighted by Crippen LogP contribution is -1.96. The summed E-state index contributed by atoms with van der Waals surface area (Å²) in [6, 6.07) is 0. The summed E-state index contributed by atoms with van der Waals surface area (Å²) < 4.78 is 0. The summed E-state index contributed by atoms with van der Waals surface area (Å²) in [6.07, 6.45) is 12.0. The molecule has 0 bridgehead atoms. The minimum absolute atomic E-state index is 1.08. The zero-order valence-corrected chi connectivity index (χ0v) is 8.09. The van der Waals surface area contributed by atoms with Crippen LogP contribution in [0.3, 0.4) is 0 Å². The van der Waals surface area contributed by atoms with Crippen molar-refractivity contribution in [2.24, 2.45) is 0 Å². The van der Waals surface area contributed by atoms with Gasteiger partial charge in [-0.1, -0.05) is 30.4 Å². The molecule has 12 heavy (non-hydrogen) atoms. The summed E-state index contributed by atoms with van der Waals surface area (Å²) in [6.45, 7) is 6.29. The van der Waals surface area contributed by atoms with E-state index in [0.29, 0.717) is 0 Å². The Kier molecular flexibility index (Phi) is 3.09. The van der Waals surface area contributed by atoms with Crippen LogP contribution >= 0.6 is 0 Å². The predicted octanol–water partition coefficient (Wildman–Crippen LogP) is 3.79. The van der Waals surface area contributed by atoms with E-state index in [1.54, 1.807) is 0 Å². The van der Waals surface area contributed by atoms with Crippen molar-refractivity contribution in [3.8, 4) is 0 Å². The second-order valence-corrected chi connectivity index (χ2v) is 2.87. The maximum absolute atomic E-state index is 2.22. The van der Waals surface area contributed by atoms with Gasteiger partial charge in [-0.15, -0.1) is 0 Å². The van der Waals surface area contributed by atoms with Crippen LogP contribution in [0.4, 0.5) is 0 Å². The molecule has 0 nitrogen and oxygen atoms in total. The Morgan fingerprint density at radius 2 is 1.83 bits per heavy atom. The SMILES string of the molecule is CC=C1C=CCC(=CC)C1=CC. The fourth-order valence-electron chi connectivity index (χ4n) is 1.58. The number of hydrogen-bond acceptors (Lipinski definition) is 0. The highest BCUT2D eigenvalue weighted by Crippen LogP contribution is 2.27. The summed E-state index contributed by atoms with van der Waals surface area (Å²) in [5, 5.41) is 0. The van der Waals surface area contributed by atoms with Gasteiger partial charge in [0, 0.05) is 0 Å². The van der Waals surface area contributed by atoms with Crippen LogP contribution in [0.5, 0.6) is 0 Å². The molecular weight excluding hydrogens is 144 g/mol. The molecule has 0 amide bonds. The first-order valence-corrected chi connectivity index (χ1v) is 4.48. The van der Waals surface area contributed by atoms with Crippen LogP contribution in [0, 0.1) is 0 Å². The Labute approximate surface area is 75.0 Å². The molecule has 1 aliphatic carbocycles. The Morgan fingerprint density at radius 3 is 2.33 bits per heavy atom. The van der Waals surface area contributed by atoms with E-state index in [4.69, 9.17) is 0 Å². The van der Waals surface area contributed by atoms with Gasteiger partial charge in [-0.25, -0.2) is 0 Å². The van der Waals surface area contributed by atoms with Crippen LogP contribution in [0.15, 0.2) is 47.1 Å². The van der Waals surface area contributed by atoms with E-state index >= 15 is 0 Å². The number of rotatable bonds is 0. The third-order valence-electron chi connectivity index (χ3n) is 2.24. The number of allylic oxidation sites excluding steroid dienone is 8. The van der Waals surface area contributed by atoms with Crippen molar-refractivity contribution >= 4 is 0 Å². The quantitative estimate of drug-likeness (QED) is 0.506. The van der Waals surface area contributed by atoms with Gasteiger partial charge < -0.3 is 0 Å². The zero-order chi connectivity index (χ0) is 8.97. The lowest BCUT2D eigenvalue weighted by molar-refractivity contribution is 1.16. The maximum atomic E-state index is 2.22. The molecule has 0 saturated heterocycles. The van der Waals surface area contributed by atoms with Crippen molar-refractivity contribution in [1.29, 1.82) is 0 Å². The van der Waals surface area contributed by atoms with E-state index in [1.165, 1.54) is 16.7 Å². The van der Waals surface area contributed by atoms with Gasteiger partial charge in [0.05, 0.1) is 0 Å². The molecule has 0 radical (unpaired) electrons. The van der Waals surface area contributed by atoms with Gasteiger partial charge in [0.2, 0.25) is 0 Å². The molecule has 0 N–H and O–H groups in total. The Morgan fingerprint density at radius 1 is 1.08 bits per heavy atom. The molecule has 1 aliphatic rings. The van der Waals surface area contributed by atoms with Crippen molar-refractivity contribution in [3.05, 3.63) is 47.1 Å². The van der Waals surface area contributed by atoms with Crippen molar-refractivity contribution in [2.45, 2.75) is 27.2 Å². The molecule has 0 saturated carbocycles. The fraction of sp³-hybridized carbons (Fsp3) is 0.333. The van der Waals surface area contributed by atoms with Crippen LogP contribution in [-0.2, 0) is 0 Å². The minimum atomic E-state index is 1.08. The average Bonchev–Trinajstić information content (AvgIpc) is 2.16. The van der Waals surface area contributed by atoms with Crippen molar-refractivity contribution in [1.82, 2.24) is 0 Å². The third-order valence-corrected chi connectivity index (χ3v) is 2.24. The zero-order valence-electron chi connectivity index (χ0n) is 8.09. The van der Waals surface area contributed by atoms with Crippen LogP contribution in [0.2, 0.25) is 0 Å². The molecule has 0 heteroatoms. The van der Waals surface area contributed by atoms with E-state index < -0.39 is 0 Å². The second kappa shape index (κ2) is 4.10. The summed E-state index contributed by atoms with van der Waals surface area (Å²) in [4.78, 5) is 0. The number of hydrogen-bond donors (Lipinski definition) is 0. The van der Waals surface area contributed by atoms with Gasteiger partial charge in [-0.05, 0) is 43.9 Å². The first kappa shape index (κ1) is 9.05. The molecule has 0 aromatic heterocycles. The summed E-state index contributed by atoms with van der Waals surface area (Å²) in [5.74, 6) is 0. The maximum Gasteiger partial charge on any atom is -0.00913 e. The van der Waals surface area contributed by atoms with Gasteiger partial charge in [0.25, 0.3) is 0 Å². The second-order valence-electron chi connectivity index (χ2n) is 2.87. The molecule has 0 atom stereocenters. The molecule has 64 valence electrons. The molecule has 0 aliphatic heterocycles. The van der Waals surface area contributed by atoms with Crippen LogP contribution < -0.4 is 0 Å². The van der Waals surface area contributed by atoms with E-state index in [-0.39, 0.29) is 0 Å². The Bertz CT molecular complexity index is 272. The summed E-state index contributed by atoms with van der Waals surface area (Å²) in [5.41, 5.74) is 4.17. The van der Waals surface area contributed by atoms with E-state index in [9.17, 15) is 0 Å². The van der Waals surface area contributed by atoms with Crippen molar-refractivity contribution in [2.75, 3.05) is 0 Å². The lowest BCUT2D eigenvalue weighted by Gasteiger charge is -2.15. The predicted molar refractivity (Wildman–Crippen MR) is 55.0 cm³/mol. The first-order chi connectivity index (χ1) is 5.83. The molecule has 0 aromatic carbocycles. The third kappa shape index (κ3) is 1.58. The fourth-order valence-corrected chi connectivity index (χ4v) is 1.58. The van der Waals surface area contributed by atoms with Gasteiger partial charge >= 0.3 is 0 Å². The van der Waals surface area contributed by atoms with Crippen LogP contribution in [0.25, 0.3) is 0 Å². The van der Waals surface area contributed by atoms with E-state index in [0.717, 1.165) is 6.42 Å². The largest absolute Gasteiger partial charge is 0.0835 e. The average molecular weight is 160 g/mol. The van der Waals surface area contributed by atoms with Gasteiger partial charge in [-0.3, -0.25) is 0 Å². The smallest absolute Gasteiger partial charge is 0.00913 e. The van der Waals surface area contributed by atoms with E-state index in [1.807, 2.05) is 0 Å².